The Kier molecular flexibility index (Phi) is 10.2. The molecule has 2 heteroatoms. The summed E-state index contributed by atoms with van der Waals surface area (Å²) in [6, 6.07) is 0. The van der Waals surface area contributed by atoms with Crippen LogP contribution in [-0.2, 0) is 0 Å². The average Bonchev–Trinajstić information content (AvgIpc) is 2.04. The first-order valence-corrected chi connectivity index (χ1v) is 5.90. The van der Waals surface area contributed by atoms with Gasteiger partial charge in [-0.05, 0) is 5.92 Å². The lowest BCUT2D eigenvalue weighted by atomic mass is 9.81. The molecule has 2 N–H and O–H groups in total. The molecular weight excluding hydrogens is 194 g/mol. The van der Waals surface area contributed by atoms with Gasteiger partial charge in [-0.25, -0.2) is 0 Å². The van der Waals surface area contributed by atoms with E-state index in [4.69, 9.17) is 0 Å². The van der Waals surface area contributed by atoms with Gasteiger partial charge in [0.1, 0.15) is 0 Å². The van der Waals surface area contributed by atoms with Crippen LogP contribution in [-0.4, -0.2) is 12.6 Å². The van der Waals surface area contributed by atoms with Crippen LogP contribution in [0.2, 0.25) is 0 Å². The Morgan fingerprint density at radius 2 is 1.50 bits per heavy atom. The average molecular weight is 222 g/mol. The first kappa shape index (κ1) is 16.7. The second-order valence-electron chi connectivity index (χ2n) is 4.75. The van der Waals surface area contributed by atoms with E-state index >= 15 is 0 Å². The third-order valence-electron chi connectivity index (χ3n) is 2.92. The van der Waals surface area contributed by atoms with Gasteiger partial charge in [0.05, 0.1) is 12.6 Å². The molecule has 88 valence electrons. The third kappa shape index (κ3) is 5.87. The molecule has 0 aromatic heterocycles. The van der Waals surface area contributed by atoms with Crippen LogP contribution in [0.15, 0.2) is 0 Å². The number of halogens is 1. The monoisotopic (exact) mass is 221 g/mol. The van der Waals surface area contributed by atoms with Gasteiger partial charge in [0.2, 0.25) is 0 Å². The molecule has 0 fully saturated rings. The van der Waals surface area contributed by atoms with Crippen molar-refractivity contribution < 1.29 is 17.7 Å². The standard InChI is InChI=1S/C12H27N.ClH/c1-6-8-12(13-5,9-7-2)10-11(3)4;/h11,13H,6-10H2,1-5H3;1H. The highest BCUT2D eigenvalue weighted by Gasteiger charge is 2.30. The third-order valence-corrected chi connectivity index (χ3v) is 2.92. The maximum atomic E-state index is 2.46. The summed E-state index contributed by atoms with van der Waals surface area (Å²) in [6.07, 6.45) is 6.74. The highest BCUT2D eigenvalue weighted by Crippen LogP contribution is 2.23. The Labute approximate surface area is 96.5 Å². The van der Waals surface area contributed by atoms with Crippen LogP contribution in [0.1, 0.15) is 59.8 Å². The van der Waals surface area contributed by atoms with Crippen LogP contribution in [0.5, 0.6) is 0 Å². The Bertz CT molecular complexity index is 117. The van der Waals surface area contributed by atoms with Gasteiger partial charge in [0.15, 0.2) is 0 Å². The fraction of sp³-hybridized carbons (Fsp3) is 1.00. The minimum absolute atomic E-state index is 0. The van der Waals surface area contributed by atoms with E-state index in [1.807, 2.05) is 0 Å². The van der Waals surface area contributed by atoms with Crippen LogP contribution in [0, 0.1) is 5.92 Å². The smallest absolute Gasteiger partial charge is 0.0961 e. The van der Waals surface area contributed by atoms with Crippen molar-refractivity contribution in [3.8, 4) is 0 Å². The lowest BCUT2D eigenvalue weighted by Crippen LogP contribution is -3.00. The number of rotatable bonds is 7. The second kappa shape index (κ2) is 8.55. The predicted octanol–water partition coefficient (Wildman–Crippen LogP) is -0.431. The highest BCUT2D eigenvalue weighted by molar-refractivity contribution is 4.77. The zero-order valence-corrected chi connectivity index (χ0v) is 11.3. The Hall–Kier alpha value is 0.250. The van der Waals surface area contributed by atoms with Gasteiger partial charge in [-0.15, -0.1) is 0 Å². The molecule has 0 aromatic rings. The summed E-state index contributed by atoms with van der Waals surface area (Å²) in [7, 11) is 2.24. The molecule has 0 radical (unpaired) electrons. The Morgan fingerprint density at radius 1 is 1.07 bits per heavy atom. The Balaban J connectivity index is 0. The maximum Gasteiger partial charge on any atom is 0.0961 e. The van der Waals surface area contributed by atoms with Crippen LogP contribution in [0.4, 0.5) is 0 Å². The molecule has 0 saturated heterocycles. The van der Waals surface area contributed by atoms with E-state index in [1.54, 1.807) is 0 Å². The van der Waals surface area contributed by atoms with Crippen molar-refractivity contribution in [1.29, 1.82) is 0 Å². The van der Waals surface area contributed by atoms with E-state index in [2.05, 4.69) is 40.1 Å². The molecule has 0 aromatic carbocycles. The van der Waals surface area contributed by atoms with Gasteiger partial charge in [-0.3, -0.25) is 0 Å². The van der Waals surface area contributed by atoms with E-state index < -0.39 is 0 Å². The van der Waals surface area contributed by atoms with Crippen LogP contribution in [0.3, 0.4) is 0 Å². The molecule has 0 saturated carbocycles. The normalized spacial score (nSPS) is 11.6. The molecule has 0 rings (SSSR count). The predicted molar refractivity (Wildman–Crippen MR) is 59.9 cm³/mol. The quantitative estimate of drug-likeness (QED) is 0.601. The van der Waals surface area contributed by atoms with Crippen LogP contribution < -0.4 is 17.7 Å². The van der Waals surface area contributed by atoms with Crippen LogP contribution in [0.25, 0.3) is 0 Å². The lowest BCUT2D eigenvalue weighted by molar-refractivity contribution is -0.707. The van der Waals surface area contributed by atoms with Crippen molar-refractivity contribution >= 4 is 0 Å². The molecule has 0 amide bonds. The maximum absolute atomic E-state index is 2.46. The molecule has 14 heavy (non-hydrogen) atoms. The molecule has 0 aliphatic carbocycles. The SMILES string of the molecule is CCCC(CCC)(CC(C)C)[NH2+]C.[Cl-]. The van der Waals surface area contributed by atoms with Crippen molar-refractivity contribution in [1.82, 2.24) is 0 Å². The summed E-state index contributed by atoms with van der Waals surface area (Å²) in [5, 5.41) is 2.46. The number of hydrogen-bond donors (Lipinski definition) is 1. The summed E-state index contributed by atoms with van der Waals surface area (Å²) < 4.78 is 0. The van der Waals surface area contributed by atoms with Crippen LogP contribution >= 0.6 is 0 Å². The first-order chi connectivity index (χ1) is 6.10. The largest absolute Gasteiger partial charge is 1.00 e. The molecule has 0 aliphatic rings. The van der Waals surface area contributed by atoms with Gasteiger partial charge in [0.25, 0.3) is 0 Å². The van der Waals surface area contributed by atoms with Crippen molar-refractivity contribution in [3.05, 3.63) is 0 Å². The topological polar surface area (TPSA) is 16.6 Å². The number of nitrogens with two attached hydrogens (primary N) is 1. The Morgan fingerprint density at radius 3 is 1.71 bits per heavy atom. The second-order valence-corrected chi connectivity index (χ2v) is 4.75. The number of hydrogen-bond acceptors (Lipinski definition) is 0. The van der Waals surface area contributed by atoms with Gasteiger partial charge in [-0.2, -0.15) is 0 Å². The lowest BCUT2D eigenvalue weighted by Gasteiger charge is -2.31. The van der Waals surface area contributed by atoms with E-state index in [0.717, 1.165) is 5.92 Å². The van der Waals surface area contributed by atoms with Crippen molar-refractivity contribution in [3.63, 3.8) is 0 Å². The zero-order valence-electron chi connectivity index (χ0n) is 10.6. The van der Waals surface area contributed by atoms with Gasteiger partial charge in [0, 0.05) is 19.3 Å². The molecule has 0 unspecified atom stereocenters. The molecule has 0 aliphatic heterocycles. The van der Waals surface area contributed by atoms with Gasteiger partial charge in [-0.1, -0.05) is 40.5 Å². The minimum Gasteiger partial charge on any atom is -1.00 e. The molecule has 0 atom stereocenters. The minimum atomic E-state index is 0. The first-order valence-electron chi connectivity index (χ1n) is 5.90. The molecule has 0 heterocycles. The fourth-order valence-electron chi connectivity index (χ4n) is 2.54. The molecule has 0 bridgehead atoms. The van der Waals surface area contributed by atoms with Crippen molar-refractivity contribution in [2.24, 2.45) is 5.92 Å². The molecule has 0 spiro atoms. The summed E-state index contributed by atoms with van der Waals surface area (Å²) in [5.41, 5.74) is 0.539. The van der Waals surface area contributed by atoms with Crippen molar-refractivity contribution in [2.75, 3.05) is 7.05 Å². The molecular formula is C12H28ClN. The summed E-state index contributed by atoms with van der Waals surface area (Å²) in [5.74, 6) is 0.828. The van der Waals surface area contributed by atoms with E-state index in [0.29, 0.717) is 5.54 Å². The van der Waals surface area contributed by atoms with Crippen molar-refractivity contribution in [2.45, 2.75) is 65.3 Å². The molecule has 1 nitrogen and oxygen atoms in total. The highest BCUT2D eigenvalue weighted by atomic mass is 35.5. The zero-order chi connectivity index (χ0) is 10.3. The van der Waals surface area contributed by atoms with Gasteiger partial charge < -0.3 is 17.7 Å². The fourth-order valence-corrected chi connectivity index (χ4v) is 2.54. The van der Waals surface area contributed by atoms with Gasteiger partial charge >= 0.3 is 0 Å². The van der Waals surface area contributed by atoms with E-state index in [9.17, 15) is 0 Å². The van der Waals surface area contributed by atoms with E-state index in [1.165, 1.54) is 32.1 Å². The summed E-state index contributed by atoms with van der Waals surface area (Å²) in [4.78, 5) is 0. The number of quaternary nitrogens is 1. The summed E-state index contributed by atoms with van der Waals surface area (Å²) in [6.45, 7) is 9.27. The summed E-state index contributed by atoms with van der Waals surface area (Å²) >= 11 is 0. The van der Waals surface area contributed by atoms with E-state index in [-0.39, 0.29) is 12.4 Å².